The topological polar surface area (TPSA) is 210 Å². The molecule has 0 unspecified atom stereocenters. The summed E-state index contributed by atoms with van der Waals surface area (Å²) in [6, 6.07) is 16.4. The first kappa shape index (κ1) is 25.4. The lowest BCUT2D eigenvalue weighted by Gasteiger charge is -1.85. The van der Waals surface area contributed by atoms with Gasteiger partial charge < -0.3 is 9.97 Å². The molecule has 0 atom stereocenters. The van der Waals surface area contributed by atoms with E-state index in [0.717, 1.165) is 44.8 Å². The maximum Gasteiger partial charge on any atom is 0.0658 e. The van der Waals surface area contributed by atoms with Gasteiger partial charge in [0.25, 0.3) is 0 Å². The molecule has 0 saturated carbocycles. The lowest BCUT2D eigenvalue weighted by atomic mass is 10.3. The number of nitrogens with zero attached hydrogens (tertiary/aromatic N) is 7. The van der Waals surface area contributed by atoms with Gasteiger partial charge in [0.15, 0.2) is 0 Å². The molecule has 3 aromatic rings. The van der Waals surface area contributed by atoms with E-state index in [1.807, 2.05) is 48.6 Å². The summed E-state index contributed by atoms with van der Waals surface area (Å²) in [4.78, 5) is 16.0. The Morgan fingerprint density at radius 3 is 0.897 bits per heavy atom. The molecule has 0 fully saturated rings. The first-order valence-corrected chi connectivity index (χ1v) is 7.85. The molecule has 3 aromatic heterocycles. The van der Waals surface area contributed by atoms with Crippen LogP contribution in [0.1, 0.15) is 22.8 Å². The van der Waals surface area contributed by atoms with Crippen LogP contribution in [0.3, 0.4) is 0 Å². The van der Waals surface area contributed by atoms with Crippen molar-refractivity contribution < 1.29 is 0 Å². The SMILES string of the molecule is C1=Cc2cc3ccc(cc4nc(cc5ccc(cc1n2)[nH]5)C=C4)[nH]3.[N].[N].[N].[N].[N]. The van der Waals surface area contributed by atoms with Gasteiger partial charge in [-0.05, 0) is 72.8 Å². The Bertz CT molecular complexity index is 994. The second-order valence-electron chi connectivity index (χ2n) is 5.91. The summed E-state index contributed by atoms with van der Waals surface area (Å²) in [6.07, 6.45) is 8.09. The summed E-state index contributed by atoms with van der Waals surface area (Å²) in [5.41, 5.74) is 7.86. The van der Waals surface area contributed by atoms with Crippen molar-refractivity contribution in [3.63, 3.8) is 0 Å². The molecule has 139 valence electrons. The Hall–Kier alpha value is -3.60. The van der Waals surface area contributed by atoms with E-state index in [1.54, 1.807) is 0 Å². The second-order valence-corrected chi connectivity index (χ2v) is 5.91. The Labute approximate surface area is 168 Å². The molecule has 0 spiro atoms. The molecular formula is C20H14N9. The van der Waals surface area contributed by atoms with Crippen molar-refractivity contribution in [2.75, 3.05) is 0 Å². The van der Waals surface area contributed by atoms with Crippen LogP contribution in [-0.2, 0) is 0 Å². The molecule has 0 aliphatic carbocycles. The van der Waals surface area contributed by atoms with E-state index in [1.165, 1.54) is 0 Å². The van der Waals surface area contributed by atoms with E-state index in [2.05, 4.69) is 44.2 Å². The molecule has 9 heteroatoms. The van der Waals surface area contributed by atoms with Gasteiger partial charge in [-0.15, -0.1) is 0 Å². The molecule has 0 amide bonds. The van der Waals surface area contributed by atoms with Gasteiger partial charge in [-0.25, -0.2) is 9.97 Å². The zero-order valence-corrected chi connectivity index (χ0v) is 15.1. The lowest BCUT2D eigenvalue weighted by Crippen LogP contribution is -1.75. The molecule has 9 nitrogen and oxygen atoms in total. The summed E-state index contributed by atoms with van der Waals surface area (Å²) in [7, 11) is 0. The molecule has 15 radical (unpaired) electrons. The third-order valence-corrected chi connectivity index (χ3v) is 4.04. The molecular weight excluding hydrogens is 366 g/mol. The predicted molar refractivity (Wildman–Crippen MR) is 110 cm³/mol. The molecule has 2 aliphatic rings. The number of aromatic amines is 2. The Kier molecular flexibility index (Phi) is 8.83. The normalized spacial score (nSPS) is 10.5. The van der Waals surface area contributed by atoms with Gasteiger partial charge in [-0.2, -0.15) is 0 Å². The zero-order chi connectivity index (χ0) is 15.9. The van der Waals surface area contributed by atoms with Crippen molar-refractivity contribution in [2.45, 2.75) is 0 Å². The quantitative estimate of drug-likeness (QED) is 0.414. The van der Waals surface area contributed by atoms with E-state index in [4.69, 9.17) is 0 Å². The van der Waals surface area contributed by atoms with Gasteiger partial charge in [0.05, 0.1) is 22.8 Å². The third-order valence-electron chi connectivity index (χ3n) is 4.04. The fourth-order valence-electron chi connectivity index (χ4n) is 2.94. The minimum Gasteiger partial charge on any atom is -0.355 e. The number of H-pyrrole nitrogens is 2. The first-order chi connectivity index (χ1) is 11.8. The highest BCUT2D eigenvalue weighted by atomic mass is 14.8. The lowest BCUT2D eigenvalue weighted by molar-refractivity contribution is 1.31. The van der Waals surface area contributed by atoms with Crippen LogP contribution in [0.4, 0.5) is 0 Å². The number of aromatic nitrogens is 4. The standard InChI is InChI=1S/C20H14N4.5N/c1-2-14-10-16-5-6-18(23-16)12-20-8-7-19(24-20)11-17-4-3-15(22-17)9-13(1)21-14;;;;;/h1-12,21,24H;;;;;. The van der Waals surface area contributed by atoms with Crippen molar-refractivity contribution >= 4 is 46.4 Å². The highest BCUT2D eigenvalue weighted by molar-refractivity contribution is 5.77. The van der Waals surface area contributed by atoms with Crippen molar-refractivity contribution in [3.8, 4) is 0 Å². The van der Waals surface area contributed by atoms with Crippen LogP contribution in [0, 0.1) is 0 Å². The van der Waals surface area contributed by atoms with Gasteiger partial charge in [-0.3, -0.25) is 0 Å². The monoisotopic (exact) mass is 380 g/mol. The van der Waals surface area contributed by atoms with E-state index in [9.17, 15) is 0 Å². The van der Waals surface area contributed by atoms with Crippen LogP contribution in [0.2, 0.25) is 0 Å². The summed E-state index contributed by atoms with van der Waals surface area (Å²) < 4.78 is 0. The minimum atomic E-state index is 0. The van der Waals surface area contributed by atoms with E-state index >= 15 is 0 Å². The van der Waals surface area contributed by atoms with Crippen LogP contribution < -0.4 is 30.8 Å². The van der Waals surface area contributed by atoms with Gasteiger partial charge in [-0.1, -0.05) is 0 Å². The van der Waals surface area contributed by atoms with Crippen LogP contribution >= 0.6 is 0 Å². The van der Waals surface area contributed by atoms with E-state index < -0.39 is 0 Å². The van der Waals surface area contributed by atoms with Crippen LogP contribution in [0.5, 0.6) is 0 Å². The maximum absolute atomic E-state index is 4.63. The van der Waals surface area contributed by atoms with Gasteiger partial charge >= 0.3 is 0 Å². The summed E-state index contributed by atoms with van der Waals surface area (Å²) in [6.45, 7) is 0. The highest BCUT2D eigenvalue weighted by Gasteiger charge is 2.00. The largest absolute Gasteiger partial charge is 0.355 e. The Balaban J connectivity index is 0.00000157. The van der Waals surface area contributed by atoms with Crippen molar-refractivity contribution in [1.29, 1.82) is 0 Å². The molecule has 0 aromatic carbocycles. The van der Waals surface area contributed by atoms with Crippen LogP contribution in [0.15, 0.2) is 48.5 Å². The molecule has 8 bridgehead atoms. The minimum absolute atomic E-state index is 0. The molecule has 2 aliphatic heterocycles. The fraction of sp³-hybridized carbons (Fsp3) is 0. The highest BCUT2D eigenvalue weighted by Crippen LogP contribution is 2.16. The molecule has 2 N–H and O–H groups in total. The molecule has 0 saturated heterocycles. The number of fused-ring (bicyclic) bond motifs is 8. The average Bonchev–Trinajstić information content (AvgIpc) is 3.32. The second kappa shape index (κ2) is 10.1. The fourth-order valence-corrected chi connectivity index (χ4v) is 2.94. The average molecular weight is 380 g/mol. The van der Waals surface area contributed by atoms with Crippen LogP contribution in [-0.4, -0.2) is 19.9 Å². The number of hydrogen-bond acceptors (Lipinski definition) is 2. The predicted octanol–water partition coefficient (Wildman–Crippen LogP) is 2.25. The Morgan fingerprint density at radius 2 is 0.655 bits per heavy atom. The number of nitrogens with one attached hydrogen (secondary N) is 2. The van der Waals surface area contributed by atoms with Gasteiger partial charge in [0.1, 0.15) is 0 Å². The number of hydrogen-bond donors (Lipinski definition) is 2. The van der Waals surface area contributed by atoms with Crippen molar-refractivity contribution in [2.24, 2.45) is 0 Å². The molecule has 29 heavy (non-hydrogen) atoms. The maximum atomic E-state index is 4.63. The molecule has 5 heterocycles. The smallest absolute Gasteiger partial charge is 0.0658 e. The van der Waals surface area contributed by atoms with Gasteiger partial charge in [0.2, 0.25) is 0 Å². The van der Waals surface area contributed by atoms with Gasteiger partial charge in [0, 0.05) is 52.8 Å². The molecule has 5 rings (SSSR count). The number of rotatable bonds is 0. The summed E-state index contributed by atoms with van der Waals surface area (Å²) in [5.74, 6) is 0. The van der Waals surface area contributed by atoms with E-state index in [0.29, 0.717) is 0 Å². The van der Waals surface area contributed by atoms with Crippen molar-refractivity contribution in [3.05, 3.63) is 71.3 Å². The van der Waals surface area contributed by atoms with Crippen LogP contribution in [0.25, 0.3) is 46.4 Å². The zero-order valence-electron chi connectivity index (χ0n) is 15.1. The van der Waals surface area contributed by atoms with E-state index in [-0.39, 0.29) is 30.8 Å². The summed E-state index contributed by atoms with van der Waals surface area (Å²) in [5, 5.41) is 0. The first-order valence-electron chi connectivity index (χ1n) is 7.85. The summed E-state index contributed by atoms with van der Waals surface area (Å²) >= 11 is 0. The van der Waals surface area contributed by atoms with Crippen molar-refractivity contribution in [1.82, 2.24) is 50.7 Å². The Morgan fingerprint density at radius 1 is 0.414 bits per heavy atom. The third kappa shape index (κ3) is 5.23.